The summed E-state index contributed by atoms with van der Waals surface area (Å²) in [7, 11) is 1.63. The highest BCUT2D eigenvalue weighted by molar-refractivity contribution is 6.02. The first-order chi connectivity index (χ1) is 10.9. The Morgan fingerprint density at radius 3 is 2.35 bits per heavy atom. The molecule has 0 bridgehead atoms. The Labute approximate surface area is 136 Å². The topological polar surface area (TPSA) is 58.6 Å². The van der Waals surface area contributed by atoms with Crippen LogP contribution in [0.2, 0.25) is 0 Å². The third-order valence-corrected chi connectivity index (χ3v) is 3.62. The van der Waals surface area contributed by atoms with Gasteiger partial charge in [-0.2, -0.15) is 0 Å². The number of methoxy groups -OCH3 is 1. The number of nitrogens with one attached hydrogen (secondary N) is 1. The lowest BCUT2D eigenvalue weighted by molar-refractivity contribution is -0.111. The van der Waals surface area contributed by atoms with E-state index in [9.17, 15) is 9.90 Å². The Kier molecular flexibility index (Phi) is 5.06. The highest BCUT2D eigenvalue weighted by atomic mass is 16.5. The molecule has 0 atom stereocenters. The van der Waals surface area contributed by atoms with E-state index in [0.29, 0.717) is 5.69 Å². The SMILES string of the molecule is COc1cc(C)c(/C=C/C(=O)Nc2ccc(C)cc2O)c(C)c1. The number of hydrogen-bond acceptors (Lipinski definition) is 3. The van der Waals surface area contributed by atoms with Crippen LogP contribution in [-0.4, -0.2) is 18.1 Å². The zero-order chi connectivity index (χ0) is 17.0. The van der Waals surface area contributed by atoms with Crippen LogP contribution in [0.15, 0.2) is 36.4 Å². The maximum atomic E-state index is 12.0. The molecule has 2 aromatic carbocycles. The molecule has 0 aliphatic rings. The summed E-state index contributed by atoms with van der Waals surface area (Å²) in [4.78, 5) is 12.0. The molecule has 23 heavy (non-hydrogen) atoms. The van der Waals surface area contributed by atoms with Crippen molar-refractivity contribution in [1.29, 1.82) is 0 Å². The zero-order valence-corrected chi connectivity index (χ0v) is 13.8. The predicted molar refractivity (Wildman–Crippen MR) is 93.0 cm³/mol. The van der Waals surface area contributed by atoms with Crippen molar-refractivity contribution in [3.8, 4) is 11.5 Å². The average Bonchev–Trinajstić information content (AvgIpc) is 2.49. The Bertz CT molecular complexity index is 740. The number of benzene rings is 2. The summed E-state index contributed by atoms with van der Waals surface area (Å²) >= 11 is 0. The standard InChI is InChI=1S/C19H21NO3/c1-12-5-7-17(18(21)9-12)20-19(22)8-6-16-13(2)10-15(23-4)11-14(16)3/h5-11,21H,1-4H3,(H,20,22)/b8-6+. The number of carbonyl (C=O) groups is 1. The molecule has 0 unspecified atom stereocenters. The predicted octanol–water partition coefficient (Wildman–Crippen LogP) is 3.98. The van der Waals surface area contributed by atoms with Crippen molar-refractivity contribution in [3.63, 3.8) is 0 Å². The van der Waals surface area contributed by atoms with Crippen molar-refractivity contribution in [2.75, 3.05) is 12.4 Å². The fraction of sp³-hybridized carbons (Fsp3) is 0.211. The summed E-state index contributed by atoms with van der Waals surface area (Å²) in [5.41, 5.74) is 4.37. The Hall–Kier alpha value is -2.75. The maximum Gasteiger partial charge on any atom is 0.248 e. The van der Waals surface area contributed by atoms with E-state index < -0.39 is 0 Å². The number of anilines is 1. The number of aromatic hydroxyl groups is 1. The van der Waals surface area contributed by atoms with Gasteiger partial charge in [-0.25, -0.2) is 0 Å². The summed E-state index contributed by atoms with van der Waals surface area (Å²) in [5.74, 6) is 0.563. The number of hydrogen-bond donors (Lipinski definition) is 2. The Morgan fingerprint density at radius 1 is 1.13 bits per heavy atom. The second-order valence-electron chi connectivity index (χ2n) is 5.52. The molecule has 2 rings (SSSR count). The summed E-state index contributed by atoms with van der Waals surface area (Å²) in [6, 6.07) is 8.97. The first-order valence-electron chi connectivity index (χ1n) is 7.34. The molecule has 0 aromatic heterocycles. The molecule has 0 saturated heterocycles. The lowest BCUT2D eigenvalue weighted by Gasteiger charge is -2.09. The largest absolute Gasteiger partial charge is 0.506 e. The molecule has 120 valence electrons. The quantitative estimate of drug-likeness (QED) is 0.663. The van der Waals surface area contributed by atoms with Gasteiger partial charge in [0.15, 0.2) is 0 Å². The number of phenols is 1. The first kappa shape index (κ1) is 16.6. The van der Waals surface area contributed by atoms with E-state index in [2.05, 4.69) is 5.32 Å². The van der Waals surface area contributed by atoms with E-state index >= 15 is 0 Å². The molecule has 4 nitrogen and oxygen atoms in total. The van der Waals surface area contributed by atoms with Crippen LogP contribution in [0, 0.1) is 20.8 Å². The second-order valence-corrected chi connectivity index (χ2v) is 5.52. The number of carbonyl (C=O) groups excluding carboxylic acids is 1. The van der Waals surface area contributed by atoms with Crippen molar-refractivity contribution in [3.05, 3.63) is 58.7 Å². The highest BCUT2D eigenvalue weighted by Gasteiger charge is 2.06. The number of ether oxygens (including phenoxy) is 1. The van der Waals surface area contributed by atoms with Gasteiger partial charge >= 0.3 is 0 Å². The molecule has 0 fully saturated rings. The molecular weight excluding hydrogens is 290 g/mol. The van der Waals surface area contributed by atoms with E-state index in [-0.39, 0.29) is 11.7 Å². The first-order valence-corrected chi connectivity index (χ1v) is 7.34. The minimum atomic E-state index is -0.293. The van der Waals surface area contributed by atoms with Crippen LogP contribution in [0.1, 0.15) is 22.3 Å². The molecule has 1 amide bonds. The van der Waals surface area contributed by atoms with Crippen molar-refractivity contribution in [1.82, 2.24) is 0 Å². The molecule has 2 aromatic rings. The number of rotatable bonds is 4. The maximum absolute atomic E-state index is 12.0. The van der Waals surface area contributed by atoms with Crippen LogP contribution in [0.4, 0.5) is 5.69 Å². The van der Waals surface area contributed by atoms with Gasteiger partial charge in [0.25, 0.3) is 0 Å². The molecule has 0 aliphatic heterocycles. The van der Waals surface area contributed by atoms with Gasteiger partial charge in [-0.3, -0.25) is 4.79 Å². The lowest BCUT2D eigenvalue weighted by atomic mass is 10.0. The molecular formula is C19H21NO3. The third kappa shape index (κ3) is 4.13. The van der Waals surface area contributed by atoms with Crippen molar-refractivity contribution in [2.24, 2.45) is 0 Å². The van der Waals surface area contributed by atoms with E-state index in [1.165, 1.54) is 6.08 Å². The van der Waals surface area contributed by atoms with Gasteiger partial charge in [-0.05, 0) is 73.4 Å². The minimum Gasteiger partial charge on any atom is -0.506 e. The monoisotopic (exact) mass is 311 g/mol. The van der Waals surface area contributed by atoms with Gasteiger partial charge in [-0.15, -0.1) is 0 Å². The molecule has 0 spiro atoms. The number of amides is 1. The fourth-order valence-electron chi connectivity index (χ4n) is 2.40. The van der Waals surface area contributed by atoms with Gasteiger partial charge in [0, 0.05) is 6.08 Å². The molecule has 0 aliphatic carbocycles. The minimum absolute atomic E-state index is 0.0589. The molecule has 0 saturated carbocycles. The van der Waals surface area contributed by atoms with Crippen molar-refractivity contribution < 1.29 is 14.6 Å². The zero-order valence-electron chi connectivity index (χ0n) is 13.8. The van der Waals surface area contributed by atoms with E-state index in [1.807, 2.05) is 39.0 Å². The van der Waals surface area contributed by atoms with Gasteiger partial charge in [0.2, 0.25) is 5.91 Å². The Morgan fingerprint density at radius 2 is 1.78 bits per heavy atom. The normalized spacial score (nSPS) is 10.8. The van der Waals surface area contributed by atoms with E-state index in [1.54, 1.807) is 25.3 Å². The van der Waals surface area contributed by atoms with Crippen LogP contribution in [0.25, 0.3) is 6.08 Å². The molecule has 2 N–H and O–H groups in total. The Balaban J connectivity index is 2.15. The highest BCUT2D eigenvalue weighted by Crippen LogP contribution is 2.25. The van der Waals surface area contributed by atoms with Crippen LogP contribution >= 0.6 is 0 Å². The van der Waals surface area contributed by atoms with Crippen LogP contribution in [0.5, 0.6) is 11.5 Å². The fourth-order valence-corrected chi connectivity index (χ4v) is 2.40. The molecule has 0 radical (unpaired) electrons. The van der Waals surface area contributed by atoms with Gasteiger partial charge < -0.3 is 15.2 Å². The summed E-state index contributed by atoms with van der Waals surface area (Å²) in [5, 5.41) is 12.5. The van der Waals surface area contributed by atoms with E-state index in [0.717, 1.165) is 28.0 Å². The lowest BCUT2D eigenvalue weighted by Crippen LogP contribution is -2.08. The van der Waals surface area contributed by atoms with E-state index in [4.69, 9.17) is 4.74 Å². The second kappa shape index (κ2) is 7.01. The van der Waals surface area contributed by atoms with Gasteiger partial charge in [0.05, 0.1) is 12.8 Å². The molecule has 4 heteroatoms. The third-order valence-electron chi connectivity index (χ3n) is 3.62. The summed E-state index contributed by atoms with van der Waals surface area (Å²) in [6.07, 6.45) is 3.23. The summed E-state index contributed by atoms with van der Waals surface area (Å²) in [6.45, 7) is 5.82. The molecule has 0 heterocycles. The van der Waals surface area contributed by atoms with Crippen molar-refractivity contribution in [2.45, 2.75) is 20.8 Å². The van der Waals surface area contributed by atoms with Gasteiger partial charge in [-0.1, -0.05) is 6.07 Å². The number of phenolic OH excluding ortho intramolecular Hbond substituents is 1. The van der Waals surface area contributed by atoms with Crippen LogP contribution in [-0.2, 0) is 4.79 Å². The van der Waals surface area contributed by atoms with Crippen LogP contribution in [0.3, 0.4) is 0 Å². The average molecular weight is 311 g/mol. The smallest absolute Gasteiger partial charge is 0.248 e. The van der Waals surface area contributed by atoms with Gasteiger partial charge in [0.1, 0.15) is 11.5 Å². The summed E-state index contributed by atoms with van der Waals surface area (Å²) < 4.78 is 5.23. The van der Waals surface area contributed by atoms with Crippen LogP contribution < -0.4 is 10.1 Å². The van der Waals surface area contributed by atoms with Crippen molar-refractivity contribution >= 4 is 17.7 Å². The number of aryl methyl sites for hydroxylation is 3.